The van der Waals surface area contributed by atoms with Gasteiger partial charge in [-0.15, -0.1) is 0 Å². The molecular formula is C11H22N2O2. The maximum Gasteiger partial charge on any atom is 0.236 e. The zero-order valence-corrected chi connectivity index (χ0v) is 10.3. The van der Waals surface area contributed by atoms with E-state index in [2.05, 4.69) is 24.5 Å². The summed E-state index contributed by atoms with van der Waals surface area (Å²) in [6.45, 7) is 6.22. The van der Waals surface area contributed by atoms with E-state index in [0.29, 0.717) is 12.1 Å². The van der Waals surface area contributed by atoms with Crippen molar-refractivity contribution in [3.63, 3.8) is 0 Å². The van der Waals surface area contributed by atoms with Crippen LogP contribution in [-0.2, 0) is 9.53 Å². The molecule has 0 bridgehead atoms. The summed E-state index contributed by atoms with van der Waals surface area (Å²) < 4.78 is 5.36. The largest absolute Gasteiger partial charge is 0.381 e. The molecule has 0 radical (unpaired) electrons. The third-order valence-electron chi connectivity index (χ3n) is 3.55. The maximum atomic E-state index is 11.3. The van der Waals surface area contributed by atoms with E-state index in [-0.39, 0.29) is 17.4 Å². The zero-order chi connectivity index (χ0) is 11.6. The fourth-order valence-corrected chi connectivity index (χ4v) is 2.16. The van der Waals surface area contributed by atoms with Crippen molar-refractivity contribution in [3.8, 4) is 0 Å². The van der Waals surface area contributed by atoms with E-state index in [0.717, 1.165) is 6.42 Å². The standard InChI is InChI=1S/C11H22N2O2/c1-7(10(14)12-4)13-8-6-9(15-5)11(8,2)3/h7-9,13H,6H2,1-5H3,(H,12,14). The molecule has 0 aromatic heterocycles. The molecule has 1 saturated carbocycles. The highest BCUT2D eigenvalue weighted by Crippen LogP contribution is 2.42. The van der Waals surface area contributed by atoms with Crippen molar-refractivity contribution >= 4 is 5.91 Å². The number of hydrogen-bond donors (Lipinski definition) is 2. The smallest absolute Gasteiger partial charge is 0.236 e. The SMILES string of the molecule is CNC(=O)C(C)NC1CC(OC)C1(C)C. The van der Waals surface area contributed by atoms with Gasteiger partial charge in [-0.05, 0) is 13.3 Å². The normalized spacial score (nSPS) is 30.5. The summed E-state index contributed by atoms with van der Waals surface area (Å²) >= 11 is 0. The molecular weight excluding hydrogens is 192 g/mol. The molecule has 15 heavy (non-hydrogen) atoms. The number of methoxy groups -OCH3 is 1. The lowest BCUT2D eigenvalue weighted by Crippen LogP contribution is -2.63. The van der Waals surface area contributed by atoms with Gasteiger partial charge in [-0.1, -0.05) is 13.8 Å². The van der Waals surface area contributed by atoms with Crippen LogP contribution in [-0.4, -0.2) is 38.3 Å². The summed E-state index contributed by atoms with van der Waals surface area (Å²) in [6, 6.07) is 0.215. The molecule has 0 heterocycles. The van der Waals surface area contributed by atoms with Crippen LogP contribution in [0.3, 0.4) is 0 Å². The number of amides is 1. The van der Waals surface area contributed by atoms with Gasteiger partial charge in [0.2, 0.25) is 5.91 Å². The predicted octanol–water partition coefficient (Wildman–Crippen LogP) is 0.524. The summed E-state index contributed by atoms with van der Waals surface area (Å²) in [5.41, 5.74) is 0.108. The second-order valence-electron chi connectivity index (χ2n) is 4.84. The maximum absolute atomic E-state index is 11.3. The molecule has 2 N–H and O–H groups in total. The van der Waals surface area contributed by atoms with E-state index in [1.54, 1.807) is 14.2 Å². The molecule has 0 aromatic carbocycles. The second-order valence-corrected chi connectivity index (χ2v) is 4.84. The molecule has 1 aliphatic rings. The molecule has 0 saturated heterocycles. The van der Waals surface area contributed by atoms with E-state index in [1.807, 2.05) is 6.92 Å². The highest BCUT2D eigenvalue weighted by molar-refractivity contribution is 5.81. The molecule has 1 rings (SSSR count). The number of nitrogens with one attached hydrogen (secondary N) is 2. The van der Waals surface area contributed by atoms with E-state index in [1.165, 1.54) is 0 Å². The lowest BCUT2D eigenvalue weighted by atomic mass is 9.64. The molecule has 4 heteroatoms. The Labute approximate surface area is 91.8 Å². The Balaban J connectivity index is 2.45. The Bertz CT molecular complexity index is 241. The fourth-order valence-electron chi connectivity index (χ4n) is 2.16. The van der Waals surface area contributed by atoms with E-state index in [9.17, 15) is 4.79 Å². The minimum Gasteiger partial charge on any atom is -0.381 e. The molecule has 3 unspecified atom stereocenters. The summed E-state index contributed by atoms with van der Waals surface area (Å²) in [6.07, 6.45) is 1.28. The van der Waals surface area contributed by atoms with Crippen LogP contribution >= 0.6 is 0 Å². The Kier molecular flexibility index (Phi) is 3.73. The van der Waals surface area contributed by atoms with E-state index < -0.39 is 0 Å². The minimum atomic E-state index is -0.142. The Hall–Kier alpha value is -0.610. The molecule has 3 atom stereocenters. The predicted molar refractivity (Wildman–Crippen MR) is 59.6 cm³/mol. The van der Waals surface area contributed by atoms with Crippen molar-refractivity contribution in [2.45, 2.75) is 45.4 Å². The lowest BCUT2D eigenvalue weighted by molar-refractivity contribution is -0.126. The Morgan fingerprint density at radius 2 is 2.13 bits per heavy atom. The molecule has 0 aliphatic heterocycles. The molecule has 1 aliphatic carbocycles. The van der Waals surface area contributed by atoms with Gasteiger partial charge in [0.15, 0.2) is 0 Å². The molecule has 0 aromatic rings. The van der Waals surface area contributed by atoms with Crippen molar-refractivity contribution in [2.24, 2.45) is 5.41 Å². The van der Waals surface area contributed by atoms with Crippen LogP contribution in [0.1, 0.15) is 27.2 Å². The summed E-state index contributed by atoms with van der Waals surface area (Å²) in [4.78, 5) is 11.3. The lowest BCUT2D eigenvalue weighted by Gasteiger charge is -2.52. The van der Waals surface area contributed by atoms with Crippen molar-refractivity contribution in [2.75, 3.05) is 14.2 Å². The number of likely N-dealkylation sites (N-methyl/N-ethyl adjacent to an activating group) is 1. The first-order valence-electron chi connectivity index (χ1n) is 5.44. The van der Waals surface area contributed by atoms with Gasteiger partial charge < -0.3 is 15.4 Å². The Morgan fingerprint density at radius 1 is 1.53 bits per heavy atom. The average molecular weight is 214 g/mol. The number of hydrogen-bond acceptors (Lipinski definition) is 3. The van der Waals surface area contributed by atoms with Crippen LogP contribution in [0.15, 0.2) is 0 Å². The van der Waals surface area contributed by atoms with Crippen molar-refractivity contribution in [1.29, 1.82) is 0 Å². The van der Waals surface area contributed by atoms with Gasteiger partial charge in [0.05, 0.1) is 12.1 Å². The summed E-state index contributed by atoms with van der Waals surface area (Å²) in [5.74, 6) is 0.0340. The summed E-state index contributed by atoms with van der Waals surface area (Å²) in [5, 5.41) is 5.97. The average Bonchev–Trinajstić information content (AvgIpc) is 2.21. The van der Waals surface area contributed by atoms with Crippen LogP contribution in [0.5, 0.6) is 0 Å². The first-order valence-corrected chi connectivity index (χ1v) is 5.44. The van der Waals surface area contributed by atoms with Gasteiger partial charge in [0.25, 0.3) is 0 Å². The van der Waals surface area contributed by atoms with E-state index >= 15 is 0 Å². The molecule has 1 amide bonds. The third-order valence-corrected chi connectivity index (χ3v) is 3.55. The molecule has 0 spiro atoms. The van der Waals surface area contributed by atoms with Crippen molar-refractivity contribution in [1.82, 2.24) is 10.6 Å². The van der Waals surface area contributed by atoms with Gasteiger partial charge in [0, 0.05) is 25.6 Å². The summed E-state index contributed by atoms with van der Waals surface area (Å²) in [7, 11) is 3.40. The van der Waals surface area contributed by atoms with Crippen molar-refractivity contribution in [3.05, 3.63) is 0 Å². The zero-order valence-electron chi connectivity index (χ0n) is 10.3. The Morgan fingerprint density at radius 3 is 2.53 bits per heavy atom. The number of carbonyl (C=O) groups is 1. The molecule has 4 nitrogen and oxygen atoms in total. The van der Waals surface area contributed by atoms with Gasteiger partial charge in [-0.25, -0.2) is 0 Å². The first-order chi connectivity index (χ1) is 6.93. The first kappa shape index (κ1) is 12.5. The monoisotopic (exact) mass is 214 g/mol. The van der Waals surface area contributed by atoms with E-state index in [4.69, 9.17) is 4.74 Å². The number of carbonyl (C=O) groups excluding carboxylic acids is 1. The van der Waals surface area contributed by atoms with Crippen LogP contribution in [0.2, 0.25) is 0 Å². The van der Waals surface area contributed by atoms with Gasteiger partial charge >= 0.3 is 0 Å². The highest BCUT2D eigenvalue weighted by atomic mass is 16.5. The molecule has 1 fully saturated rings. The number of ether oxygens (including phenoxy) is 1. The van der Waals surface area contributed by atoms with Crippen molar-refractivity contribution < 1.29 is 9.53 Å². The number of rotatable bonds is 4. The van der Waals surface area contributed by atoms with Gasteiger partial charge in [-0.2, -0.15) is 0 Å². The van der Waals surface area contributed by atoms with Crippen LogP contribution in [0.4, 0.5) is 0 Å². The van der Waals surface area contributed by atoms with Crippen LogP contribution in [0, 0.1) is 5.41 Å². The molecule has 88 valence electrons. The van der Waals surface area contributed by atoms with Gasteiger partial charge in [0.1, 0.15) is 0 Å². The van der Waals surface area contributed by atoms with Gasteiger partial charge in [-0.3, -0.25) is 4.79 Å². The highest BCUT2D eigenvalue weighted by Gasteiger charge is 2.48. The minimum absolute atomic E-state index is 0.0340. The third kappa shape index (κ3) is 2.32. The topological polar surface area (TPSA) is 50.4 Å². The fraction of sp³-hybridized carbons (Fsp3) is 0.909. The van der Waals surface area contributed by atoms with Crippen LogP contribution in [0.25, 0.3) is 0 Å². The van der Waals surface area contributed by atoms with Crippen LogP contribution < -0.4 is 10.6 Å². The quantitative estimate of drug-likeness (QED) is 0.717. The second kappa shape index (κ2) is 4.49.